The topological polar surface area (TPSA) is 83.8 Å². The van der Waals surface area contributed by atoms with Gasteiger partial charge in [-0.1, -0.05) is 0 Å². The van der Waals surface area contributed by atoms with Gasteiger partial charge in [-0.05, 0) is 13.0 Å². The molecular weight excluding hydrogens is 492 g/mol. The van der Waals surface area contributed by atoms with Gasteiger partial charge in [0.2, 0.25) is 11.8 Å². The summed E-state index contributed by atoms with van der Waals surface area (Å²) in [7, 11) is 0. The van der Waals surface area contributed by atoms with Gasteiger partial charge < -0.3 is 10.4 Å². The first-order valence-electron chi connectivity index (χ1n) is 8.96. The Labute approximate surface area is 189 Å². The van der Waals surface area contributed by atoms with Crippen LogP contribution in [0.4, 0.5) is 32.3 Å². The number of rotatable bonds is 5. The van der Waals surface area contributed by atoms with Crippen molar-refractivity contribution in [2.45, 2.75) is 19.6 Å². The highest BCUT2D eigenvalue weighted by atomic mass is 32.1. The minimum Gasteiger partial charge on any atom is -0.503 e. The zero-order chi connectivity index (χ0) is 23.9. The van der Waals surface area contributed by atoms with Gasteiger partial charge in [0.1, 0.15) is 10.0 Å². The number of aryl methyl sites for hydroxylation is 1. The number of thiazole rings is 2. The third kappa shape index (κ3) is 4.61. The van der Waals surface area contributed by atoms with Gasteiger partial charge in [0.05, 0.1) is 33.9 Å². The molecule has 6 nitrogen and oxygen atoms in total. The average molecular weight is 503 g/mol. The molecule has 0 amide bonds. The Morgan fingerprint density at radius 1 is 1.06 bits per heavy atom. The summed E-state index contributed by atoms with van der Waals surface area (Å²) < 4.78 is 79.2. The van der Waals surface area contributed by atoms with Gasteiger partial charge in [-0.15, -0.1) is 22.7 Å². The number of phenolic OH excluding ortho intramolecular Hbond substituents is 1. The molecule has 0 unspecified atom stereocenters. The molecule has 0 aliphatic carbocycles. The molecule has 33 heavy (non-hydrogen) atoms. The Kier molecular flexibility index (Phi) is 5.97. The average Bonchev–Trinajstić information content (AvgIpc) is 3.39. The standard InChI is InChI=1S/C19H11F6N5OS2/c1-7-16(11-6-32-17(30-11)9-2-10(20)15(31)14(22)13(9)21)33-12(29-7)5-28-18-26-3-8(4-27-18)19(23,24)25/h2-4,6,31H,5H2,1H3,(H,26,27,28). The molecule has 0 radical (unpaired) electrons. The number of phenols is 1. The summed E-state index contributed by atoms with van der Waals surface area (Å²) in [6, 6.07) is 0.662. The van der Waals surface area contributed by atoms with Crippen LogP contribution in [-0.2, 0) is 12.7 Å². The molecule has 1 aromatic carbocycles. The first-order chi connectivity index (χ1) is 15.5. The van der Waals surface area contributed by atoms with Crippen molar-refractivity contribution < 1.29 is 31.4 Å². The molecular formula is C19H11F6N5OS2. The number of aromatic hydroxyl groups is 1. The number of hydrogen-bond acceptors (Lipinski definition) is 8. The number of alkyl halides is 3. The second kappa shape index (κ2) is 8.59. The fourth-order valence-electron chi connectivity index (χ4n) is 2.73. The van der Waals surface area contributed by atoms with Crippen molar-refractivity contribution in [1.82, 2.24) is 19.9 Å². The zero-order valence-corrected chi connectivity index (χ0v) is 18.0. The van der Waals surface area contributed by atoms with Crippen molar-refractivity contribution in [1.29, 1.82) is 0 Å². The number of hydrogen-bond donors (Lipinski definition) is 2. The van der Waals surface area contributed by atoms with Crippen LogP contribution in [0, 0.1) is 24.4 Å². The fourth-order valence-corrected chi connectivity index (χ4v) is 4.59. The van der Waals surface area contributed by atoms with Gasteiger partial charge in [0, 0.05) is 17.8 Å². The molecule has 0 saturated heterocycles. The van der Waals surface area contributed by atoms with Crippen molar-refractivity contribution >= 4 is 28.6 Å². The van der Waals surface area contributed by atoms with Crippen LogP contribution < -0.4 is 5.32 Å². The normalized spacial score (nSPS) is 11.7. The van der Waals surface area contributed by atoms with E-state index in [1.54, 1.807) is 12.3 Å². The maximum Gasteiger partial charge on any atom is 0.419 e. The number of aromatic nitrogens is 4. The van der Waals surface area contributed by atoms with Gasteiger partial charge in [-0.2, -0.15) is 17.6 Å². The molecule has 0 aliphatic heterocycles. The quantitative estimate of drug-likeness (QED) is 0.265. The van der Waals surface area contributed by atoms with Crippen LogP contribution >= 0.6 is 22.7 Å². The van der Waals surface area contributed by atoms with Crippen molar-refractivity contribution in [3.8, 4) is 26.9 Å². The molecule has 0 saturated carbocycles. The van der Waals surface area contributed by atoms with E-state index < -0.39 is 40.5 Å². The monoisotopic (exact) mass is 503 g/mol. The largest absolute Gasteiger partial charge is 0.503 e. The third-order valence-electron chi connectivity index (χ3n) is 4.32. The maximum absolute atomic E-state index is 14.1. The Morgan fingerprint density at radius 2 is 1.76 bits per heavy atom. The Balaban J connectivity index is 1.52. The lowest BCUT2D eigenvalue weighted by molar-refractivity contribution is -0.138. The van der Waals surface area contributed by atoms with Crippen molar-refractivity contribution in [3.63, 3.8) is 0 Å². The minimum atomic E-state index is -4.53. The molecule has 3 heterocycles. The van der Waals surface area contributed by atoms with Crippen molar-refractivity contribution in [2.24, 2.45) is 0 Å². The smallest absolute Gasteiger partial charge is 0.419 e. The number of anilines is 1. The lowest BCUT2D eigenvalue weighted by Gasteiger charge is -2.06. The van der Waals surface area contributed by atoms with Crippen LogP contribution in [0.1, 0.15) is 16.3 Å². The number of halogens is 6. The lowest BCUT2D eigenvalue weighted by Crippen LogP contribution is -2.09. The van der Waals surface area contributed by atoms with Crippen LogP contribution in [0.2, 0.25) is 0 Å². The highest BCUT2D eigenvalue weighted by molar-refractivity contribution is 7.16. The molecule has 0 spiro atoms. The zero-order valence-electron chi connectivity index (χ0n) is 16.3. The molecule has 14 heteroatoms. The first kappa shape index (κ1) is 22.9. The van der Waals surface area contributed by atoms with E-state index in [-0.39, 0.29) is 17.5 Å². The molecule has 0 bridgehead atoms. The summed E-state index contributed by atoms with van der Waals surface area (Å²) in [6.45, 7) is 1.82. The molecule has 2 N–H and O–H groups in total. The van der Waals surface area contributed by atoms with Crippen LogP contribution in [-0.4, -0.2) is 25.0 Å². The molecule has 0 atom stereocenters. The van der Waals surface area contributed by atoms with E-state index in [2.05, 4.69) is 25.3 Å². The fraction of sp³-hybridized carbons (Fsp3) is 0.158. The molecule has 4 aromatic rings. The second-order valence-electron chi connectivity index (χ2n) is 6.59. The summed E-state index contributed by atoms with van der Waals surface area (Å²) >= 11 is 2.17. The molecule has 3 aromatic heterocycles. The van der Waals surface area contributed by atoms with Crippen LogP contribution in [0.25, 0.3) is 21.1 Å². The van der Waals surface area contributed by atoms with Gasteiger partial charge in [-0.25, -0.2) is 28.7 Å². The summed E-state index contributed by atoms with van der Waals surface area (Å²) in [6.07, 6.45) is -3.20. The van der Waals surface area contributed by atoms with Gasteiger partial charge in [0.25, 0.3) is 0 Å². The summed E-state index contributed by atoms with van der Waals surface area (Å²) in [5.41, 5.74) is -0.423. The summed E-state index contributed by atoms with van der Waals surface area (Å²) in [5.74, 6) is -5.85. The van der Waals surface area contributed by atoms with Crippen LogP contribution in [0.5, 0.6) is 5.75 Å². The Hall–Kier alpha value is -3.26. The first-order valence-corrected chi connectivity index (χ1v) is 10.7. The van der Waals surface area contributed by atoms with E-state index in [1.807, 2.05) is 0 Å². The number of benzene rings is 1. The van der Waals surface area contributed by atoms with E-state index in [4.69, 9.17) is 0 Å². The van der Waals surface area contributed by atoms with E-state index >= 15 is 0 Å². The van der Waals surface area contributed by atoms with Gasteiger partial charge in [-0.3, -0.25) is 0 Å². The minimum absolute atomic E-state index is 0.00549. The van der Waals surface area contributed by atoms with Gasteiger partial charge in [0.15, 0.2) is 17.4 Å². The van der Waals surface area contributed by atoms with Crippen LogP contribution in [0.15, 0.2) is 23.8 Å². The summed E-state index contributed by atoms with van der Waals surface area (Å²) in [5, 5.41) is 14.1. The Morgan fingerprint density at radius 3 is 2.42 bits per heavy atom. The highest BCUT2D eigenvalue weighted by Crippen LogP contribution is 2.37. The van der Waals surface area contributed by atoms with Crippen molar-refractivity contribution in [3.05, 3.63) is 57.6 Å². The van der Waals surface area contributed by atoms with Crippen molar-refractivity contribution in [2.75, 3.05) is 5.32 Å². The SMILES string of the molecule is Cc1nc(CNc2ncc(C(F)(F)F)cn2)sc1-c1csc(-c2cc(F)c(O)c(F)c2F)n1. The predicted octanol–water partition coefficient (Wildman–Crippen LogP) is 5.79. The van der Waals surface area contributed by atoms with Gasteiger partial charge >= 0.3 is 6.18 Å². The van der Waals surface area contributed by atoms with E-state index in [0.717, 1.165) is 11.3 Å². The highest BCUT2D eigenvalue weighted by Gasteiger charge is 2.31. The van der Waals surface area contributed by atoms with Crippen LogP contribution in [0.3, 0.4) is 0 Å². The number of nitrogens with zero attached hydrogens (tertiary/aromatic N) is 4. The second-order valence-corrected chi connectivity index (χ2v) is 8.53. The molecule has 4 rings (SSSR count). The molecule has 0 fully saturated rings. The third-order valence-corrected chi connectivity index (χ3v) is 6.37. The van der Waals surface area contributed by atoms with E-state index in [1.165, 1.54) is 11.3 Å². The maximum atomic E-state index is 14.1. The summed E-state index contributed by atoms with van der Waals surface area (Å²) in [4.78, 5) is 16.4. The number of nitrogens with one attached hydrogen (secondary N) is 1. The van der Waals surface area contributed by atoms with E-state index in [9.17, 15) is 31.4 Å². The molecule has 172 valence electrons. The molecule has 0 aliphatic rings. The lowest BCUT2D eigenvalue weighted by atomic mass is 10.2. The van der Waals surface area contributed by atoms with E-state index in [0.29, 0.717) is 39.7 Å². The Bertz CT molecular complexity index is 1320. The predicted molar refractivity (Wildman–Crippen MR) is 109 cm³/mol.